The fourth-order valence-corrected chi connectivity index (χ4v) is 3.75. The van der Waals surface area contributed by atoms with E-state index >= 15 is 0 Å². The summed E-state index contributed by atoms with van der Waals surface area (Å²) in [5.41, 5.74) is -0.757. The molecule has 1 amide bonds. The van der Waals surface area contributed by atoms with Gasteiger partial charge in [0.25, 0.3) is 5.91 Å². The third-order valence-electron chi connectivity index (χ3n) is 4.73. The highest BCUT2D eigenvalue weighted by Gasteiger charge is 2.32. The minimum atomic E-state index is -4.44. The van der Waals surface area contributed by atoms with Gasteiger partial charge >= 0.3 is 6.18 Å². The molecule has 0 bridgehead atoms. The molecule has 0 spiro atoms. The molecule has 0 saturated carbocycles. The van der Waals surface area contributed by atoms with Gasteiger partial charge in [-0.25, -0.2) is 8.42 Å². The largest absolute Gasteiger partial charge is 0.416 e. The summed E-state index contributed by atoms with van der Waals surface area (Å²) in [7, 11) is -3.43. The molecule has 2 rings (SSSR count). The van der Waals surface area contributed by atoms with Gasteiger partial charge in [-0.05, 0) is 49.7 Å². The van der Waals surface area contributed by atoms with Crippen LogP contribution in [-0.4, -0.2) is 26.1 Å². The zero-order valence-corrected chi connectivity index (χ0v) is 17.5. The van der Waals surface area contributed by atoms with Gasteiger partial charge in [-0.2, -0.15) is 13.2 Å². The quantitative estimate of drug-likeness (QED) is 0.733. The maximum absolute atomic E-state index is 12.9. The third-order valence-corrected chi connectivity index (χ3v) is 6.90. The molecule has 0 heterocycles. The molecule has 0 aliphatic heterocycles. The van der Waals surface area contributed by atoms with Crippen LogP contribution in [0.4, 0.5) is 13.2 Å². The second-order valence-electron chi connectivity index (χ2n) is 7.76. The highest BCUT2D eigenvalue weighted by atomic mass is 32.2. The molecule has 158 valence electrons. The van der Waals surface area contributed by atoms with Crippen LogP contribution in [0.1, 0.15) is 49.2 Å². The molecule has 0 aromatic heterocycles. The number of benzene rings is 2. The van der Waals surface area contributed by atoms with Gasteiger partial charge < -0.3 is 5.32 Å². The van der Waals surface area contributed by atoms with E-state index in [4.69, 9.17) is 0 Å². The maximum atomic E-state index is 12.9. The first kappa shape index (κ1) is 22.9. The molecule has 0 unspecified atom stereocenters. The van der Waals surface area contributed by atoms with Crippen molar-refractivity contribution in [2.45, 2.75) is 49.4 Å². The molecular weight excluding hydrogens is 403 g/mol. The number of amides is 1. The first-order chi connectivity index (χ1) is 13.2. The van der Waals surface area contributed by atoms with E-state index in [1.54, 1.807) is 33.8 Å². The molecule has 1 N–H and O–H groups in total. The molecule has 0 aliphatic carbocycles. The Bertz CT molecular complexity index is 979. The van der Waals surface area contributed by atoms with E-state index in [-0.39, 0.29) is 17.0 Å². The van der Waals surface area contributed by atoms with Crippen molar-refractivity contribution in [3.63, 3.8) is 0 Å². The maximum Gasteiger partial charge on any atom is 0.416 e. The van der Waals surface area contributed by atoms with Crippen LogP contribution in [-0.2, 0) is 21.4 Å². The van der Waals surface area contributed by atoms with Gasteiger partial charge in [-0.3, -0.25) is 4.79 Å². The number of carbonyl (C=O) groups excluding carboxylic acids is 1. The first-order valence-electron chi connectivity index (χ1n) is 9.05. The van der Waals surface area contributed by atoms with Crippen molar-refractivity contribution in [3.8, 4) is 0 Å². The second kappa shape index (κ2) is 8.18. The fraction of sp³-hybridized carbons (Fsp3) is 0.381. The Balaban J connectivity index is 2.12. The van der Waals surface area contributed by atoms with Crippen molar-refractivity contribution < 1.29 is 26.4 Å². The van der Waals surface area contributed by atoms with Crippen molar-refractivity contribution in [3.05, 3.63) is 65.2 Å². The zero-order valence-electron chi connectivity index (χ0n) is 16.7. The summed E-state index contributed by atoms with van der Waals surface area (Å²) >= 11 is 0. The molecule has 4 nitrogen and oxygen atoms in total. The summed E-state index contributed by atoms with van der Waals surface area (Å²) in [6.07, 6.45) is -4.44. The molecule has 2 aromatic carbocycles. The van der Waals surface area contributed by atoms with Crippen molar-refractivity contribution in [2.24, 2.45) is 0 Å². The molecule has 0 aliphatic rings. The van der Waals surface area contributed by atoms with Crippen molar-refractivity contribution in [2.75, 3.05) is 6.54 Å². The summed E-state index contributed by atoms with van der Waals surface area (Å²) in [6, 6.07) is 10.6. The van der Waals surface area contributed by atoms with Crippen LogP contribution in [0, 0.1) is 0 Å². The number of nitrogens with one attached hydrogen (secondary N) is 1. The topological polar surface area (TPSA) is 63.2 Å². The number of halogens is 3. The minimum Gasteiger partial charge on any atom is -0.351 e. The first-order valence-corrected chi connectivity index (χ1v) is 10.6. The fourth-order valence-electron chi connectivity index (χ4n) is 2.69. The van der Waals surface area contributed by atoms with Crippen LogP contribution in [0.2, 0.25) is 0 Å². The average Bonchev–Trinajstić information content (AvgIpc) is 2.65. The summed E-state index contributed by atoms with van der Waals surface area (Å²) in [4.78, 5) is 12.5. The highest BCUT2D eigenvalue weighted by molar-refractivity contribution is 7.92. The number of rotatable bonds is 6. The number of carbonyl (C=O) groups is 1. The van der Waals surface area contributed by atoms with E-state index in [9.17, 15) is 26.4 Å². The van der Waals surface area contributed by atoms with Crippen LogP contribution < -0.4 is 5.32 Å². The van der Waals surface area contributed by atoms with Crippen LogP contribution >= 0.6 is 0 Å². The molecule has 0 atom stereocenters. The lowest BCUT2D eigenvalue weighted by molar-refractivity contribution is -0.137. The van der Waals surface area contributed by atoms with E-state index in [0.717, 1.165) is 12.1 Å². The minimum absolute atomic E-state index is 0.110. The highest BCUT2D eigenvalue weighted by Crippen LogP contribution is 2.32. The van der Waals surface area contributed by atoms with Gasteiger partial charge in [0.2, 0.25) is 0 Å². The van der Waals surface area contributed by atoms with Gasteiger partial charge in [0.1, 0.15) is 0 Å². The number of sulfone groups is 1. The predicted molar refractivity (Wildman–Crippen MR) is 106 cm³/mol. The average molecular weight is 427 g/mol. The van der Waals surface area contributed by atoms with Gasteiger partial charge in [-0.1, -0.05) is 32.0 Å². The second-order valence-corrected chi connectivity index (χ2v) is 10.3. The van der Waals surface area contributed by atoms with Gasteiger partial charge in [0, 0.05) is 17.5 Å². The van der Waals surface area contributed by atoms with Gasteiger partial charge in [0.05, 0.1) is 15.7 Å². The summed E-state index contributed by atoms with van der Waals surface area (Å²) in [5.74, 6) is -0.432. The molecule has 0 fully saturated rings. The molecule has 0 radical (unpaired) electrons. The predicted octanol–water partition coefficient (Wildman–Crippen LogP) is 4.60. The molecule has 29 heavy (non-hydrogen) atoms. The lowest BCUT2D eigenvalue weighted by atomic mass is 9.83. The standard InChI is InChI=1S/C21H24F3NO3S/c1-14(2)29(27,28)18-10-8-15(9-11-18)19(26)25-13-20(3,4)16-6-5-7-17(12-16)21(22,23)24/h5-12,14H,13H2,1-4H3,(H,25,26). The van der Waals surface area contributed by atoms with E-state index in [0.29, 0.717) is 5.56 Å². The Morgan fingerprint density at radius 2 is 1.55 bits per heavy atom. The molecule has 8 heteroatoms. The SMILES string of the molecule is CC(C)S(=O)(=O)c1ccc(C(=O)NCC(C)(C)c2cccc(C(F)(F)F)c2)cc1. The van der Waals surface area contributed by atoms with Crippen molar-refractivity contribution in [1.29, 1.82) is 0 Å². The number of alkyl halides is 3. The van der Waals surface area contributed by atoms with Crippen LogP contribution in [0.5, 0.6) is 0 Å². The lowest BCUT2D eigenvalue weighted by Gasteiger charge is -2.26. The number of hydrogen-bond donors (Lipinski definition) is 1. The van der Waals surface area contributed by atoms with Crippen LogP contribution in [0.3, 0.4) is 0 Å². The van der Waals surface area contributed by atoms with Crippen molar-refractivity contribution >= 4 is 15.7 Å². The van der Waals surface area contributed by atoms with Gasteiger partial charge in [0.15, 0.2) is 9.84 Å². The number of hydrogen-bond acceptors (Lipinski definition) is 3. The molecular formula is C21H24F3NO3S. The Morgan fingerprint density at radius 3 is 2.07 bits per heavy atom. The van der Waals surface area contributed by atoms with Crippen LogP contribution in [0.15, 0.2) is 53.4 Å². The Hall–Kier alpha value is -2.35. The molecule has 0 saturated heterocycles. The molecule has 2 aromatic rings. The summed E-state index contributed by atoms with van der Waals surface area (Å²) < 4.78 is 63.1. The normalized spacial score (nSPS) is 12.8. The smallest absolute Gasteiger partial charge is 0.351 e. The van der Waals surface area contributed by atoms with E-state index in [1.165, 1.54) is 30.3 Å². The monoisotopic (exact) mass is 427 g/mol. The summed E-state index contributed by atoms with van der Waals surface area (Å²) in [5, 5.41) is 2.13. The Morgan fingerprint density at radius 1 is 1.00 bits per heavy atom. The van der Waals surface area contributed by atoms with E-state index < -0.39 is 38.1 Å². The van der Waals surface area contributed by atoms with Crippen LogP contribution in [0.25, 0.3) is 0 Å². The third kappa shape index (κ3) is 5.38. The zero-order chi connectivity index (χ0) is 22.0. The van der Waals surface area contributed by atoms with E-state index in [2.05, 4.69) is 5.32 Å². The summed E-state index contributed by atoms with van der Waals surface area (Å²) in [6.45, 7) is 6.74. The Labute approximate surface area is 169 Å². The lowest BCUT2D eigenvalue weighted by Crippen LogP contribution is -2.36. The van der Waals surface area contributed by atoms with Crippen molar-refractivity contribution in [1.82, 2.24) is 5.32 Å². The Kier molecular flexibility index (Phi) is 6.47. The van der Waals surface area contributed by atoms with Gasteiger partial charge in [-0.15, -0.1) is 0 Å². The van der Waals surface area contributed by atoms with E-state index in [1.807, 2.05) is 0 Å².